The summed E-state index contributed by atoms with van der Waals surface area (Å²) in [7, 11) is 0. The molecule has 0 radical (unpaired) electrons. The fourth-order valence-electron chi connectivity index (χ4n) is 3.53. The van der Waals surface area contributed by atoms with Gasteiger partial charge in [-0.3, -0.25) is 9.78 Å². The first-order chi connectivity index (χ1) is 14.3. The fraction of sp³-hybridized carbons (Fsp3) is 0.227. The van der Waals surface area contributed by atoms with Crippen LogP contribution in [0.4, 0.5) is 20.3 Å². The first-order valence-electron chi connectivity index (χ1n) is 9.46. The quantitative estimate of drug-likeness (QED) is 0.529. The third kappa shape index (κ3) is 3.94. The molecule has 1 aliphatic rings. The molecule has 2 aromatic carbocycles. The Hall–Kier alpha value is -3.55. The first kappa shape index (κ1) is 19.8. The van der Waals surface area contributed by atoms with Gasteiger partial charge in [0.25, 0.3) is 0 Å². The summed E-state index contributed by atoms with van der Waals surface area (Å²) in [5.41, 5.74) is 8.97. The molecule has 0 saturated heterocycles. The Morgan fingerprint density at radius 3 is 2.60 bits per heavy atom. The third-order valence-corrected chi connectivity index (χ3v) is 5.30. The number of nitrogen functional groups attached to an aromatic ring is 1. The van der Waals surface area contributed by atoms with Crippen molar-refractivity contribution in [3.8, 4) is 11.1 Å². The highest BCUT2D eigenvalue weighted by atomic mass is 19.1. The van der Waals surface area contributed by atoms with Gasteiger partial charge in [0.1, 0.15) is 17.5 Å². The van der Waals surface area contributed by atoms with Crippen LogP contribution in [-0.2, 0) is 11.3 Å². The van der Waals surface area contributed by atoms with Crippen LogP contribution in [0.15, 0.2) is 42.7 Å². The fourth-order valence-corrected chi connectivity index (χ4v) is 3.53. The van der Waals surface area contributed by atoms with Crippen molar-refractivity contribution >= 4 is 17.5 Å². The second-order valence-electron chi connectivity index (χ2n) is 7.46. The van der Waals surface area contributed by atoms with Crippen molar-refractivity contribution in [2.75, 3.05) is 11.1 Å². The third-order valence-electron chi connectivity index (χ3n) is 5.30. The minimum absolute atomic E-state index is 0.0857. The number of carbonyl (C=O) groups is 1. The van der Waals surface area contributed by atoms with E-state index in [4.69, 9.17) is 10.8 Å². The predicted molar refractivity (Wildman–Crippen MR) is 109 cm³/mol. The van der Waals surface area contributed by atoms with Gasteiger partial charge in [0.05, 0.1) is 24.0 Å². The summed E-state index contributed by atoms with van der Waals surface area (Å²) in [6.07, 6.45) is 3.57. The Morgan fingerprint density at radius 2 is 1.97 bits per heavy atom. The summed E-state index contributed by atoms with van der Waals surface area (Å²) in [5, 5.41) is 12.0. The molecule has 0 aliphatic heterocycles. The molecule has 4 rings (SSSR count). The number of nitrogens with two attached hydrogens (primary N) is 1. The van der Waals surface area contributed by atoms with Crippen LogP contribution in [0.25, 0.3) is 11.1 Å². The van der Waals surface area contributed by atoms with Gasteiger partial charge in [0, 0.05) is 35.3 Å². The molecule has 0 bridgehead atoms. The zero-order valence-corrected chi connectivity index (χ0v) is 16.2. The molecule has 1 aromatic heterocycles. The molecule has 30 heavy (non-hydrogen) atoms. The molecule has 1 fully saturated rings. The van der Waals surface area contributed by atoms with Gasteiger partial charge in [-0.15, -0.1) is 0 Å². The molecule has 1 saturated carbocycles. The largest absolute Gasteiger partial charge is 0.481 e. The maximum atomic E-state index is 14.4. The highest BCUT2D eigenvalue weighted by Gasteiger charge is 2.45. The number of hydrogen-bond acceptors (Lipinski definition) is 5. The Labute approximate surface area is 171 Å². The van der Waals surface area contributed by atoms with Crippen LogP contribution in [-0.4, -0.2) is 21.0 Å². The van der Waals surface area contributed by atoms with Gasteiger partial charge in [0.15, 0.2) is 0 Å². The number of carboxylic acid groups (broad SMARTS) is 1. The van der Waals surface area contributed by atoms with E-state index in [1.807, 2.05) is 6.92 Å². The van der Waals surface area contributed by atoms with Crippen LogP contribution in [0.5, 0.6) is 0 Å². The molecule has 8 heteroatoms. The number of rotatable bonds is 6. The molecule has 1 aliphatic carbocycles. The zero-order valence-electron chi connectivity index (χ0n) is 16.2. The topological polar surface area (TPSA) is 101 Å². The smallest absolute Gasteiger partial charge is 0.307 e. The average molecular weight is 410 g/mol. The minimum atomic E-state index is -0.831. The van der Waals surface area contributed by atoms with Crippen LogP contribution >= 0.6 is 0 Å². The van der Waals surface area contributed by atoms with Gasteiger partial charge >= 0.3 is 5.97 Å². The lowest BCUT2D eigenvalue weighted by Gasteiger charge is -2.12. The standard InChI is InChI=1S/C22H20F2N4O2/c1-11-4-13(25)2-3-14(11)15-5-12(18(23)7-19(15)24)8-27-21-10-26-20(9-28-21)16-6-17(16)22(29)30/h2-5,7,9-10,16-17H,6,8,25H2,1H3,(H,27,28)(H,29,30)/t16-,17-/m1/s1. The maximum Gasteiger partial charge on any atom is 0.307 e. The van der Waals surface area contributed by atoms with Gasteiger partial charge in [0.2, 0.25) is 0 Å². The van der Waals surface area contributed by atoms with Crippen LogP contribution in [0, 0.1) is 24.5 Å². The van der Waals surface area contributed by atoms with Crippen molar-refractivity contribution in [3.05, 3.63) is 71.2 Å². The number of nitrogens with zero attached hydrogens (tertiary/aromatic N) is 2. The molecular weight excluding hydrogens is 390 g/mol. The molecule has 2 atom stereocenters. The second kappa shape index (κ2) is 7.70. The van der Waals surface area contributed by atoms with Gasteiger partial charge in [-0.2, -0.15) is 0 Å². The minimum Gasteiger partial charge on any atom is -0.481 e. The van der Waals surface area contributed by atoms with E-state index >= 15 is 0 Å². The number of carboxylic acids is 1. The summed E-state index contributed by atoms with van der Waals surface area (Å²) in [6, 6.07) is 7.47. The number of aryl methyl sites for hydroxylation is 1. The summed E-state index contributed by atoms with van der Waals surface area (Å²) in [5.74, 6) is -2.23. The summed E-state index contributed by atoms with van der Waals surface area (Å²) >= 11 is 0. The Balaban J connectivity index is 1.50. The van der Waals surface area contributed by atoms with Crippen LogP contribution in [0.3, 0.4) is 0 Å². The lowest BCUT2D eigenvalue weighted by Crippen LogP contribution is -2.06. The van der Waals surface area contributed by atoms with E-state index in [1.165, 1.54) is 18.5 Å². The average Bonchev–Trinajstić information content (AvgIpc) is 3.50. The van der Waals surface area contributed by atoms with Crippen molar-refractivity contribution in [2.24, 2.45) is 5.92 Å². The van der Waals surface area contributed by atoms with E-state index < -0.39 is 23.5 Å². The predicted octanol–water partition coefficient (Wildman–Crippen LogP) is 4.11. The van der Waals surface area contributed by atoms with Gasteiger partial charge < -0.3 is 16.2 Å². The molecule has 1 heterocycles. The maximum absolute atomic E-state index is 14.4. The van der Waals surface area contributed by atoms with Crippen molar-refractivity contribution in [1.82, 2.24) is 9.97 Å². The van der Waals surface area contributed by atoms with E-state index in [2.05, 4.69) is 15.3 Å². The summed E-state index contributed by atoms with van der Waals surface area (Å²) in [6.45, 7) is 1.90. The Bertz CT molecular complexity index is 1120. The van der Waals surface area contributed by atoms with Crippen LogP contribution < -0.4 is 11.1 Å². The number of halogens is 2. The van der Waals surface area contributed by atoms with Crippen LogP contribution in [0.2, 0.25) is 0 Å². The van der Waals surface area contributed by atoms with Gasteiger partial charge in [-0.25, -0.2) is 13.8 Å². The van der Waals surface area contributed by atoms with E-state index in [9.17, 15) is 13.6 Å². The molecule has 3 aromatic rings. The van der Waals surface area contributed by atoms with Crippen molar-refractivity contribution < 1.29 is 18.7 Å². The first-order valence-corrected chi connectivity index (χ1v) is 9.46. The van der Waals surface area contributed by atoms with E-state index in [0.29, 0.717) is 34.7 Å². The number of hydrogen-bond donors (Lipinski definition) is 3. The van der Waals surface area contributed by atoms with Gasteiger partial charge in [-0.1, -0.05) is 6.07 Å². The monoisotopic (exact) mass is 410 g/mol. The molecule has 154 valence electrons. The highest BCUT2D eigenvalue weighted by Crippen LogP contribution is 2.46. The second-order valence-corrected chi connectivity index (χ2v) is 7.46. The van der Waals surface area contributed by atoms with Crippen molar-refractivity contribution in [1.29, 1.82) is 0 Å². The Morgan fingerprint density at radius 1 is 1.17 bits per heavy atom. The normalized spacial score (nSPS) is 17.6. The summed E-state index contributed by atoms with van der Waals surface area (Å²) in [4.78, 5) is 19.4. The number of aromatic nitrogens is 2. The van der Waals surface area contributed by atoms with E-state index in [-0.39, 0.29) is 18.0 Å². The molecule has 6 nitrogen and oxygen atoms in total. The van der Waals surface area contributed by atoms with E-state index in [0.717, 1.165) is 11.6 Å². The zero-order chi connectivity index (χ0) is 21.4. The molecule has 0 amide bonds. The lowest BCUT2D eigenvalue weighted by atomic mass is 9.97. The molecule has 0 spiro atoms. The van der Waals surface area contributed by atoms with E-state index in [1.54, 1.807) is 18.2 Å². The van der Waals surface area contributed by atoms with Crippen molar-refractivity contribution in [2.45, 2.75) is 25.8 Å². The molecule has 0 unspecified atom stereocenters. The lowest BCUT2D eigenvalue weighted by molar-refractivity contribution is -0.138. The van der Waals surface area contributed by atoms with Gasteiger partial charge in [-0.05, 0) is 42.7 Å². The molecular formula is C22H20F2N4O2. The van der Waals surface area contributed by atoms with Crippen LogP contribution in [0.1, 0.15) is 29.2 Å². The Kier molecular flexibility index (Phi) is 5.07. The number of aliphatic carboxylic acids is 1. The molecule has 4 N–H and O–H groups in total. The number of benzene rings is 2. The summed E-state index contributed by atoms with van der Waals surface area (Å²) < 4.78 is 28.7. The SMILES string of the molecule is Cc1cc(N)ccc1-c1cc(CNc2cnc([C@@H]3C[C@H]3C(=O)O)cn2)c(F)cc1F. The number of nitrogens with one attached hydrogen (secondary N) is 1. The van der Waals surface area contributed by atoms with Crippen molar-refractivity contribution in [3.63, 3.8) is 0 Å². The highest BCUT2D eigenvalue weighted by molar-refractivity contribution is 5.75. The number of anilines is 2.